The Morgan fingerprint density at radius 3 is 2.37 bits per heavy atom. The summed E-state index contributed by atoms with van der Waals surface area (Å²) in [5.74, 6) is -4.67. The van der Waals surface area contributed by atoms with Crippen molar-refractivity contribution in [2.75, 3.05) is 13.1 Å². The molecule has 35 heavy (non-hydrogen) atoms. The number of carbonyl (C=O) groups is 3. The molecule has 2 saturated carbocycles. The van der Waals surface area contributed by atoms with Gasteiger partial charge < -0.3 is 20.5 Å². The molecule has 190 valence electrons. The fourth-order valence-electron chi connectivity index (χ4n) is 4.40. The number of allylic oxidation sites excluding steroid dienone is 1. The van der Waals surface area contributed by atoms with Crippen LogP contribution in [0.3, 0.4) is 0 Å². The first kappa shape index (κ1) is 25.8. The molecule has 1 heterocycles. The summed E-state index contributed by atoms with van der Waals surface area (Å²) in [6, 6.07) is 2.34. The number of thioether (sulfide) groups is 1. The van der Waals surface area contributed by atoms with Gasteiger partial charge in [0.1, 0.15) is 0 Å². The molecule has 4 rings (SSSR count). The Balaban J connectivity index is 1.22. The molecule has 0 aromatic heterocycles. The van der Waals surface area contributed by atoms with Gasteiger partial charge in [0.2, 0.25) is 11.7 Å². The second-order valence-corrected chi connectivity index (χ2v) is 10.9. The summed E-state index contributed by atoms with van der Waals surface area (Å²) in [7, 11) is 0. The van der Waals surface area contributed by atoms with E-state index in [1.165, 1.54) is 17.8 Å². The summed E-state index contributed by atoms with van der Waals surface area (Å²) < 4.78 is 35.3. The fraction of sp³-hybridized carbons (Fsp3) is 0.542. The number of hydrogen-bond acceptors (Lipinski definition) is 5. The van der Waals surface area contributed by atoms with Crippen molar-refractivity contribution in [2.24, 2.45) is 11.8 Å². The van der Waals surface area contributed by atoms with Crippen molar-refractivity contribution >= 4 is 41.1 Å². The molecule has 0 radical (unpaired) electrons. The number of nitrogens with one attached hydrogen (secondary N) is 2. The van der Waals surface area contributed by atoms with Crippen molar-refractivity contribution in [3.05, 3.63) is 39.3 Å². The minimum Gasteiger partial charge on any atom is -0.487 e. The van der Waals surface area contributed by atoms with E-state index >= 15 is 0 Å². The minimum absolute atomic E-state index is 0.0464. The number of carbonyl (C=O) groups excluding carboxylic acids is 2. The summed E-state index contributed by atoms with van der Waals surface area (Å²) in [4.78, 5) is 35.7. The normalized spacial score (nSPS) is 24.3. The fourth-order valence-corrected chi connectivity index (χ4v) is 6.06. The molecular weight excluding hydrogens is 502 g/mol. The first-order valence-electron chi connectivity index (χ1n) is 11.7. The van der Waals surface area contributed by atoms with Crippen LogP contribution >= 0.6 is 23.4 Å². The van der Waals surface area contributed by atoms with E-state index in [0.717, 1.165) is 24.5 Å². The summed E-state index contributed by atoms with van der Waals surface area (Å²) in [5, 5.41) is 14.0. The smallest absolute Gasteiger partial charge is 0.306 e. The number of rotatable bonds is 9. The molecule has 1 aromatic rings. The SMILES string of the molecule is O=C(NCCNC(=O)C1CC(C2CC2)=C(Cl)S1)c1ccc(O[C@H]2CC[C@@H](C(=O)O)CC2)c(F)c1F. The largest absolute Gasteiger partial charge is 0.487 e. The minimum atomic E-state index is -1.32. The molecule has 2 amide bonds. The third kappa shape index (κ3) is 6.27. The maximum absolute atomic E-state index is 14.5. The standard InChI is InChI=1S/C24H27ClF2N2O5S/c25-21-16(12-1-2-12)11-18(35-21)23(31)29-10-9-28-22(30)15-7-8-17(20(27)19(15)26)34-14-5-3-13(4-6-14)24(32)33/h7-8,12-14,18H,1-6,9-11H2,(H,28,30)(H,29,31)(H,32,33)/t13-,14+,18?. The molecular formula is C24H27ClF2N2O5S. The monoisotopic (exact) mass is 528 g/mol. The quantitative estimate of drug-likeness (QED) is 0.415. The van der Waals surface area contributed by atoms with E-state index in [4.69, 9.17) is 21.4 Å². The summed E-state index contributed by atoms with van der Waals surface area (Å²) in [6.07, 6.45) is 4.12. The molecule has 0 bridgehead atoms. The maximum Gasteiger partial charge on any atom is 0.306 e. The van der Waals surface area contributed by atoms with Gasteiger partial charge >= 0.3 is 5.97 Å². The lowest BCUT2D eigenvalue weighted by molar-refractivity contribution is -0.143. The van der Waals surface area contributed by atoms with Crippen LogP contribution in [-0.2, 0) is 9.59 Å². The van der Waals surface area contributed by atoms with Crippen LogP contribution < -0.4 is 15.4 Å². The van der Waals surface area contributed by atoms with Gasteiger partial charge in [-0.05, 0) is 68.6 Å². The predicted molar refractivity (Wildman–Crippen MR) is 127 cm³/mol. The highest BCUT2D eigenvalue weighted by molar-refractivity contribution is 8.06. The lowest BCUT2D eigenvalue weighted by Crippen LogP contribution is -2.38. The maximum atomic E-state index is 14.5. The van der Waals surface area contributed by atoms with Gasteiger partial charge in [-0.2, -0.15) is 4.39 Å². The zero-order valence-corrected chi connectivity index (χ0v) is 20.5. The molecule has 1 atom stereocenters. The summed E-state index contributed by atoms with van der Waals surface area (Å²) >= 11 is 7.59. The number of amides is 2. The van der Waals surface area contributed by atoms with Crippen molar-refractivity contribution in [1.82, 2.24) is 10.6 Å². The van der Waals surface area contributed by atoms with E-state index in [0.29, 0.717) is 42.4 Å². The van der Waals surface area contributed by atoms with Gasteiger partial charge in [-0.25, -0.2) is 4.39 Å². The van der Waals surface area contributed by atoms with E-state index in [1.54, 1.807) is 0 Å². The van der Waals surface area contributed by atoms with Crippen LogP contribution in [0.15, 0.2) is 22.1 Å². The molecule has 1 aliphatic heterocycles. The molecule has 11 heteroatoms. The number of benzene rings is 1. The first-order valence-corrected chi connectivity index (χ1v) is 13.0. The van der Waals surface area contributed by atoms with Gasteiger partial charge in [-0.3, -0.25) is 14.4 Å². The van der Waals surface area contributed by atoms with E-state index < -0.39 is 41.1 Å². The van der Waals surface area contributed by atoms with Crippen molar-refractivity contribution < 1.29 is 33.0 Å². The van der Waals surface area contributed by atoms with Crippen LogP contribution in [-0.4, -0.2) is 47.3 Å². The third-order valence-corrected chi connectivity index (χ3v) is 8.23. The molecule has 7 nitrogen and oxygen atoms in total. The number of carboxylic acids is 1. The Hall–Kier alpha value is -2.33. The zero-order valence-electron chi connectivity index (χ0n) is 19.0. The van der Waals surface area contributed by atoms with Crippen LogP contribution in [0.5, 0.6) is 5.75 Å². The highest BCUT2D eigenvalue weighted by Gasteiger charge is 2.37. The molecule has 0 saturated heterocycles. The summed E-state index contributed by atoms with van der Waals surface area (Å²) in [5.41, 5.74) is 0.690. The van der Waals surface area contributed by atoms with Gasteiger partial charge in [-0.1, -0.05) is 11.6 Å². The van der Waals surface area contributed by atoms with E-state index in [2.05, 4.69) is 10.6 Å². The van der Waals surface area contributed by atoms with Crippen molar-refractivity contribution in [3.63, 3.8) is 0 Å². The van der Waals surface area contributed by atoms with Crippen LogP contribution in [0.25, 0.3) is 0 Å². The van der Waals surface area contributed by atoms with E-state index in [9.17, 15) is 23.2 Å². The number of carboxylic acid groups (broad SMARTS) is 1. The Morgan fingerprint density at radius 2 is 1.71 bits per heavy atom. The van der Waals surface area contributed by atoms with Crippen LogP contribution in [0, 0.1) is 23.5 Å². The van der Waals surface area contributed by atoms with Crippen LogP contribution in [0.1, 0.15) is 55.3 Å². The number of halogens is 3. The van der Waals surface area contributed by atoms with Gasteiger partial charge in [0.25, 0.3) is 5.91 Å². The lowest BCUT2D eigenvalue weighted by atomic mass is 9.87. The number of hydrogen-bond donors (Lipinski definition) is 3. The van der Waals surface area contributed by atoms with Crippen LogP contribution in [0.4, 0.5) is 8.78 Å². The predicted octanol–water partition coefficient (Wildman–Crippen LogP) is 4.20. The molecule has 2 aliphatic carbocycles. The molecule has 1 aromatic carbocycles. The summed E-state index contributed by atoms with van der Waals surface area (Å²) in [6.45, 7) is 0.188. The van der Waals surface area contributed by atoms with Gasteiger partial charge in [0, 0.05) is 13.1 Å². The topological polar surface area (TPSA) is 105 Å². The zero-order chi connectivity index (χ0) is 25.1. The van der Waals surface area contributed by atoms with E-state index in [1.807, 2.05) is 0 Å². The average Bonchev–Trinajstić information content (AvgIpc) is 3.60. The highest BCUT2D eigenvalue weighted by Crippen LogP contribution is 2.50. The van der Waals surface area contributed by atoms with Crippen molar-refractivity contribution in [2.45, 2.75) is 56.3 Å². The average molecular weight is 529 g/mol. The number of ether oxygens (including phenoxy) is 1. The molecule has 0 spiro atoms. The Bertz CT molecular complexity index is 1040. The van der Waals surface area contributed by atoms with E-state index in [-0.39, 0.29) is 30.0 Å². The van der Waals surface area contributed by atoms with Gasteiger partial charge in [0.05, 0.1) is 27.2 Å². The van der Waals surface area contributed by atoms with Gasteiger partial charge in [-0.15, -0.1) is 11.8 Å². The second-order valence-electron chi connectivity index (χ2n) is 9.10. The molecule has 1 unspecified atom stereocenters. The highest BCUT2D eigenvalue weighted by atomic mass is 35.5. The Labute approximate surface area is 211 Å². The van der Waals surface area contributed by atoms with Crippen LogP contribution in [0.2, 0.25) is 0 Å². The Morgan fingerprint density at radius 1 is 1.03 bits per heavy atom. The molecule has 3 N–H and O–H groups in total. The lowest BCUT2D eigenvalue weighted by Gasteiger charge is -2.27. The van der Waals surface area contributed by atoms with Crippen molar-refractivity contribution in [3.8, 4) is 5.75 Å². The molecule has 2 fully saturated rings. The third-order valence-electron chi connectivity index (χ3n) is 6.58. The van der Waals surface area contributed by atoms with Gasteiger partial charge in [0.15, 0.2) is 11.6 Å². The molecule has 3 aliphatic rings. The van der Waals surface area contributed by atoms with Crippen molar-refractivity contribution in [1.29, 1.82) is 0 Å². The number of aliphatic carboxylic acids is 1. The Kier molecular flexibility index (Phi) is 8.21. The first-order chi connectivity index (χ1) is 16.7. The second kappa shape index (κ2) is 11.2.